The lowest BCUT2D eigenvalue weighted by Crippen LogP contribution is -2.31. The smallest absolute Gasteiger partial charge is 0.344 e. The van der Waals surface area contributed by atoms with E-state index in [4.69, 9.17) is 26.3 Å². The van der Waals surface area contributed by atoms with Gasteiger partial charge >= 0.3 is 5.97 Å². The minimum absolute atomic E-state index is 0.320. The zero-order chi connectivity index (χ0) is 19.1. The van der Waals surface area contributed by atoms with E-state index in [1.165, 1.54) is 6.92 Å². The van der Waals surface area contributed by atoms with E-state index in [-0.39, 0.29) is 6.61 Å². The fraction of sp³-hybridized carbons (Fsp3) is 0.211. The third-order valence-electron chi connectivity index (χ3n) is 3.47. The van der Waals surface area contributed by atoms with Gasteiger partial charge in [-0.1, -0.05) is 23.7 Å². The van der Waals surface area contributed by atoms with Crippen LogP contribution >= 0.6 is 11.6 Å². The number of rotatable bonds is 6. The fourth-order valence-electron chi connectivity index (χ4n) is 2.06. The van der Waals surface area contributed by atoms with Gasteiger partial charge in [0.15, 0.2) is 12.7 Å². The summed E-state index contributed by atoms with van der Waals surface area (Å²) in [6, 6.07) is 13.5. The molecule has 0 aliphatic carbocycles. The Hall–Kier alpha value is -3.04. The molecule has 2 aromatic rings. The number of esters is 1. The predicted octanol–water partition coefficient (Wildman–Crippen LogP) is 3.47. The number of halogens is 1. The number of ether oxygens (including phenoxy) is 2. The summed E-state index contributed by atoms with van der Waals surface area (Å²) in [6.07, 6.45) is -1.04. The van der Waals surface area contributed by atoms with Crippen molar-refractivity contribution in [3.8, 4) is 11.8 Å². The fourth-order valence-corrected chi connectivity index (χ4v) is 2.18. The van der Waals surface area contributed by atoms with Crippen LogP contribution in [0.4, 0.5) is 5.69 Å². The average Bonchev–Trinajstić information content (AvgIpc) is 2.63. The highest BCUT2D eigenvalue weighted by Gasteiger charge is 2.19. The summed E-state index contributed by atoms with van der Waals surface area (Å²) in [4.78, 5) is 24.0. The molecule has 0 spiro atoms. The monoisotopic (exact) mass is 372 g/mol. The zero-order valence-corrected chi connectivity index (χ0v) is 15.0. The number of nitrogens with one attached hydrogen (secondary N) is 1. The van der Waals surface area contributed by atoms with Crippen LogP contribution in [0.2, 0.25) is 5.02 Å². The van der Waals surface area contributed by atoms with Crippen molar-refractivity contribution >= 4 is 29.2 Å². The number of anilines is 1. The molecule has 134 valence electrons. The molecule has 0 saturated heterocycles. The van der Waals surface area contributed by atoms with E-state index in [0.717, 1.165) is 5.56 Å². The van der Waals surface area contributed by atoms with Crippen LogP contribution in [-0.4, -0.2) is 24.6 Å². The Kier molecular flexibility index (Phi) is 6.59. The molecule has 0 aliphatic rings. The number of benzene rings is 2. The van der Waals surface area contributed by atoms with Crippen molar-refractivity contribution in [1.29, 1.82) is 5.26 Å². The number of para-hydroxylation sites is 1. The Balaban J connectivity index is 1.87. The molecule has 0 bridgehead atoms. The van der Waals surface area contributed by atoms with Crippen LogP contribution in [-0.2, 0) is 14.3 Å². The molecule has 2 aromatic carbocycles. The van der Waals surface area contributed by atoms with Gasteiger partial charge in [0.05, 0.1) is 11.3 Å². The maximum Gasteiger partial charge on any atom is 0.344 e. The second-order valence-corrected chi connectivity index (χ2v) is 5.89. The summed E-state index contributed by atoms with van der Waals surface area (Å²) in [5.74, 6) is -0.749. The first-order valence-corrected chi connectivity index (χ1v) is 8.17. The van der Waals surface area contributed by atoms with Crippen molar-refractivity contribution in [2.45, 2.75) is 20.0 Å². The van der Waals surface area contributed by atoms with Gasteiger partial charge in [0, 0.05) is 5.02 Å². The van der Waals surface area contributed by atoms with Gasteiger partial charge in [0.2, 0.25) is 0 Å². The van der Waals surface area contributed by atoms with E-state index < -0.39 is 18.0 Å². The van der Waals surface area contributed by atoms with Crippen molar-refractivity contribution in [3.63, 3.8) is 0 Å². The lowest BCUT2D eigenvalue weighted by molar-refractivity contribution is -0.155. The van der Waals surface area contributed by atoms with Gasteiger partial charge < -0.3 is 14.8 Å². The molecule has 1 N–H and O–H groups in total. The lowest BCUT2D eigenvalue weighted by Gasteiger charge is -2.14. The Morgan fingerprint density at radius 3 is 2.69 bits per heavy atom. The van der Waals surface area contributed by atoms with Gasteiger partial charge in [-0.05, 0) is 49.7 Å². The summed E-state index contributed by atoms with van der Waals surface area (Å²) in [5.41, 5.74) is 1.50. The van der Waals surface area contributed by atoms with E-state index in [1.54, 1.807) is 42.5 Å². The van der Waals surface area contributed by atoms with Crippen LogP contribution < -0.4 is 10.1 Å². The third kappa shape index (κ3) is 5.23. The van der Waals surface area contributed by atoms with Crippen LogP contribution in [0, 0.1) is 18.3 Å². The Morgan fingerprint density at radius 1 is 1.27 bits per heavy atom. The van der Waals surface area contributed by atoms with Gasteiger partial charge in [-0.15, -0.1) is 0 Å². The van der Waals surface area contributed by atoms with E-state index in [2.05, 4.69) is 5.32 Å². The maximum atomic E-state index is 12.1. The largest absolute Gasteiger partial charge is 0.482 e. The summed E-state index contributed by atoms with van der Waals surface area (Å²) in [5, 5.41) is 12.2. The predicted molar refractivity (Wildman–Crippen MR) is 97.0 cm³/mol. The van der Waals surface area contributed by atoms with Crippen LogP contribution in [0.3, 0.4) is 0 Å². The molecule has 0 heterocycles. The molecule has 1 amide bonds. The minimum atomic E-state index is -1.04. The van der Waals surface area contributed by atoms with Crippen LogP contribution in [0.5, 0.6) is 5.75 Å². The van der Waals surface area contributed by atoms with E-state index in [1.807, 2.05) is 13.0 Å². The number of amides is 1. The Labute approximate surface area is 156 Å². The molecule has 0 saturated carbocycles. The molecule has 1 atom stereocenters. The van der Waals surface area contributed by atoms with E-state index in [0.29, 0.717) is 22.0 Å². The van der Waals surface area contributed by atoms with Crippen molar-refractivity contribution in [2.24, 2.45) is 0 Å². The minimum Gasteiger partial charge on any atom is -0.482 e. The summed E-state index contributed by atoms with van der Waals surface area (Å²) in [7, 11) is 0. The molecule has 0 fully saturated rings. The van der Waals surface area contributed by atoms with Crippen molar-refractivity contribution < 1.29 is 19.1 Å². The molecule has 0 radical (unpaired) electrons. The second kappa shape index (κ2) is 8.88. The standard InChI is InChI=1S/C19H17ClN2O4/c1-12-9-15(7-8-16(12)20)25-11-18(23)26-13(2)19(24)22-17-6-4-3-5-14(17)10-21/h3-9,13H,11H2,1-2H3,(H,22,24)/t13-/m0/s1. The lowest BCUT2D eigenvalue weighted by atomic mass is 10.2. The van der Waals surface area contributed by atoms with Crippen LogP contribution in [0.1, 0.15) is 18.1 Å². The first kappa shape index (κ1) is 19.3. The number of aryl methyl sites for hydroxylation is 1. The molecule has 0 unspecified atom stereocenters. The normalized spacial score (nSPS) is 11.2. The van der Waals surface area contributed by atoms with Gasteiger partial charge in [-0.25, -0.2) is 4.79 Å². The van der Waals surface area contributed by atoms with Gasteiger partial charge in [0.1, 0.15) is 11.8 Å². The first-order valence-electron chi connectivity index (χ1n) is 7.79. The molecule has 2 rings (SSSR count). The molecule has 7 heteroatoms. The van der Waals surface area contributed by atoms with Gasteiger partial charge in [0.25, 0.3) is 5.91 Å². The number of carbonyl (C=O) groups excluding carboxylic acids is 2. The maximum absolute atomic E-state index is 12.1. The topological polar surface area (TPSA) is 88.4 Å². The van der Waals surface area contributed by atoms with Crippen LogP contribution in [0.25, 0.3) is 0 Å². The highest BCUT2D eigenvalue weighted by Crippen LogP contribution is 2.21. The summed E-state index contributed by atoms with van der Waals surface area (Å²) < 4.78 is 10.4. The second-order valence-electron chi connectivity index (χ2n) is 5.48. The average molecular weight is 373 g/mol. The van der Waals surface area contributed by atoms with Crippen molar-refractivity contribution in [2.75, 3.05) is 11.9 Å². The molecule has 0 aliphatic heterocycles. The van der Waals surface area contributed by atoms with Crippen molar-refractivity contribution in [1.82, 2.24) is 0 Å². The zero-order valence-electron chi connectivity index (χ0n) is 14.3. The van der Waals surface area contributed by atoms with E-state index >= 15 is 0 Å². The van der Waals surface area contributed by atoms with Crippen LogP contribution in [0.15, 0.2) is 42.5 Å². The summed E-state index contributed by atoms with van der Waals surface area (Å²) >= 11 is 5.92. The third-order valence-corrected chi connectivity index (χ3v) is 3.89. The first-order chi connectivity index (χ1) is 12.4. The Morgan fingerprint density at radius 2 is 2.00 bits per heavy atom. The molecule has 26 heavy (non-hydrogen) atoms. The van der Waals surface area contributed by atoms with E-state index in [9.17, 15) is 9.59 Å². The molecule has 0 aromatic heterocycles. The van der Waals surface area contributed by atoms with Gasteiger partial charge in [-0.3, -0.25) is 4.79 Å². The number of nitrogens with zero attached hydrogens (tertiary/aromatic N) is 1. The number of nitriles is 1. The quantitative estimate of drug-likeness (QED) is 0.784. The van der Waals surface area contributed by atoms with Gasteiger partial charge in [-0.2, -0.15) is 5.26 Å². The van der Waals surface area contributed by atoms with Crippen molar-refractivity contribution in [3.05, 3.63) is 58.6 Å². The summed E-state index contributed by atoms with van der Waals surface area (Å²) in [6.45, 7) is 2.92. The molecular weight excluding hydrogens is 356 g/mol. The Bertz CT molecular complexity index is 861. The highest BCUT2D eigenvalue weighted by molar-refractivity contribution is 6.31. The number of carbonyl (C=O) groups is 2. The molecular formula is C19H17ClN2O4. The SMILES string of the molecule is Cc1cc(OCC(=O)O[C@@H](C)C(=O)Nc2ccccc2C#N)ccc1Cl. The number of hydrogen-bond acceptors (Lipinski definition) is 5. The molecule has 6 nitrogen and oxygen atoms in total. The number of hydrogen-bond donors (Lipinski definition) is 1. The highest BCUT2D eigenvalue weighted by atomic mass is 35.5.